The summed E-state index contributed by atoms with van der Waals surface area (Å²) in [5, 5.41) is 7.47. The summed E-state index contributed by atoms with van der Waals surface area (Å²) in [5.74, 6) is 2.48. The number of anilines is 1. The van der Waals surface area contributed by atoms with E-state index in [1.54, 1.807) is 0 Å². The minimum atomic E-state index is 0.0548. The van der Waals surface area contributed by atoms with Crippen molar-refractivity contribution in [1.82, 2.24) is 14.7 Å². The van der Waals surface area contributed by atoms with Gasteiger partial charge in [-0.05, 0) is 43.5 Å². The molecule has 5 nitrogen and oxygen atoms in total. The normalized spacial score (nSPS) is 15.2. The van der Waals surface area contributed by atoms with Crippen LogP contribution in [0.25, 0.3) is 0 Å². The van der Waals surface area contributed by atoms with Crippen LogP contribution in [0.4, 0.5) is 5.69 Å². The van der Waals surface area contributed by atoms with Crippen molar-refractivity contribution < 1.29 is 4.79 Å². The van der Waals surface area contributed by atoms with Crippen LogP contribution in [-0.4, -0.2) is 45.2 Å². The third kappa shape index (κ3) is 4.89. The minimum absolute atomic E-state index is 0.0548. The van der Waals surface area contributed by atoms with Gasteiger partial charge in [-0.3, -0.25) is 14.4 Å². The quantitative estimate of drug-likeness (QED) is 0.846. The zero-order valence-electron chi connectivity index (χ0n) is 15.9. The van der Waals surface area contributed by atoms with Crippen LogP contribution in [0.1, 0.15) is 28.9 Å². The van der Waals surface area contributed by atoms with Gasteiger partial charge in [-0.2, -0.15) is 16.9 Å². The second-order valence-corrected chi connectivity index (χ2v) is 8.13. The first-order chi connectivity index (χ1) is 12.5. The average molecular weight is 373 g/mol. The van der Waals surface area contributed by atoms with Crippen LogP contribution in [-0.2, 0) is 24.8 Å². The van der Waals surface area contributed by atoms with Crippen molar-refractivity contribution in [3.05, 3.63) is 46.8 Å². The molecule has 0 aliphatic carbocycles. The van der Waals surface area contributed by atoms with Gasteiger partial charge in [0.05, 0.1) is 5.69 Å². The van der Waals surface area contributed by atoms with E-state index in [0.717, 1.165) is 43.1 Å². The molecule has 1 saturated heterocycles. The fourth-order valence-corrected chi connectivity index (χ4v) is 4.38. The minimum Gasteiger partial charge on any atom is -0.326 e. The second kappa shape index (κ2) is 8.73. The first kappa shape index (κ1) is 19.0. The van der Waals surface area contributed by atoms with Crippen molar-refractivity contribution in [3.63, 3.8) is 0 Å². The lowest BCUT2D eigenvalue weighted by Gasteiger charge is -2.26. The number of hydrogen-bond donors (Lipinski definition) is 1. The number of aromatic nitrogens is 2. The molecule has 1 N–H and O–H groups in total. The van der Waals surface area contributed by atoms with Crippen LogP contribution < -0.4 is 5.32 Å². The Hall–Kier alpha value is -1.79. The van der Waals surface area contributed by atoms with Gasteiger partial charge in [0.2, 0.25) is 5.91 Å². The first-order valence-corrected chi connectivity index (χ1v) is 10.4. The molecule has 0 unspecified atom stereocenters. The molecule has 6 heteroatoms. The lowest BCUT2D eigenvalue weighted by molar-refractivity contribution is -0.116. The van der Waals surface area contributed by atoms with Crippen molar-refractivity contribution >= 4 is 23.4 Å². The maximum Gasteiger partial charge on any atom is 0.224 e. The summed E-state index contributed by atoms with van der Waals surface area (Å²) >= 11 is 2.02. The van der Waals surface area contributed by atoms with E-state index in [1.807, 2.05) is 42.5 Å². The van der Waals surface area contributed by atoms with Crippen molar-refractivity contribution in [2.45, 2.75) is 33.2 Å². The molecule has 140 valence electrons. The van der Waals surface area contributed by atoms with E-state index in [1.165, 1.54) is 22.6 Å². The van der Waals surface area contributed by atoms with Crippen LogP contribution in [0, 0.1) is 13.8 Å². The van der Waals surface area contributed by atoms with E-state index in [4.69, 9.17) is 0 Å². The van der Waals surface area contributed by atoms with Crippen LogP contribution in [0.5, 0.6) is 0 Å². The van der Waals surface area contributed by atoms with E-state index in [2.05, 4.69) is 34.4 Å². The Bertz CT molecular complexity index is 765. The van der Waals surface area contributed by atoms with Crippen molar-refractivity contribution in [3.8, 4) is 0 Å². The summed E-state index contributed by atoms with van der Waals surface area (Å²) in [6.07, 6.45) is 1.20. The summed E-state index contributed by atoms with van der Waals surface area (Å²) in [7, 11) is 1.94. The van der Waals surface area contributed by atoms with Gasteiger partial charge < -0.3 is 5.32 Å². The maximum atomic E-state index is 12.4. The molecule has 1 fully saturated rings. The molecule has 2 heterocycles. The molecule has 0 saturated carbocycles. The van der Waals surface area contributed by atoms with E-state index in [-0.39, 0.29) is 5.91 Å². The van der Waals surface area contributed by atoms with Crippen LogP contribution in [0.15, 0.2) is 24.3 Å². The molecule has 3 rings (SSSR count). The first-order valence-electron chi connectivity index (χ1n) is 9.21. The summed E-state index contributed by atoms with van der Waals surface area (Å²) < 4.78 is 1.88. The van der Waals surface area contributed by atoms with E-state index >= 15 is 0 Å². The predicted molar refractivity (Wildman–Crippen MR) is 109 cm³/mol. The molecular weight excluding hydrogens is 344 g/mol. The number of amides is 1. The Kier molecular flexibility index (Phi) is 6.38. The van der Waals surface area contributed by atoms with Gasteiger partial charge in [0.15, 0.2) is 0 Å². The number of thioether (sulfide) groups is 1. The standard InChI is InChI=1S/C20H28N4OS/c1-15-19(16(2)23(3)22-15)7-8-20(25)21-18-6-4-5-17(13-18)14-24-9-11-26-12-10-24/h4-6,13H,7-12,14H2,1-3H3,(H,21,25). The molecule has 0 radical (unpaired) electrons. The lowest BCUT2D eigenvalue weighted by Crippen LogP contribution is -2.31. The van der Waals surface area contributed by atoms with Gasteiger partial charge in [0, 0.05) is 56.0 Å². The highest BCUT2D eigenvalue weighted by atomic mass is 32.2. The third-order valence-electron chi connectivity index (χ3n) is 4.98. The zero-order chi connectivity index (χ0) is 18.5. The molecule has 0 bridgehead atoms. The van der Waals surface area contributed by atoms with Gasteiger partial charge in [-0.15, -0.1) is 0 Å². The Labute approximate surface area is 160 Å². The number of hydrogen-bond acceptors (Lipinski definition) is 4. The van der Waals surface area contributed by atoms with E-state index in [9.17, 15) is 4.79 Å². The highest BCUT2D eigenvalue weighted by molar-refractivity contribution is 7.99. The number of benzene rings is 1. The molecule has 2 aromatic rings. The second-order valence-electron chi connectivity index (χ2n) is 6.91. The molecule has 1 aliphatic heterocycles. The highest BCUT2D eigenvalue weighted by Crippen LogP contribution is 2.17. The zero-order valence-corrected chi connectivity index (χ0v) is 16.7. The predicted octanol–water partition coefficient (Wildman–Crippen LogP) is 3.16. The van der Waals surface area contributed by atoms with Crippen LogP contribution in [0.3, 0.4) is 0 Å². The Morgan fingerprint density at radius 1 is 1.27 bits per heavy atom. The molecule has 26 heavy (non-hydrogen) atoms. The van der Waals surface area contributed by atoms with Gasteiger partial charge in [-0.1, -0.05) is 12.1 Å². The van der Waals surface area contributed by atoms with E-state index < -0.39 is 0 Å². The molecule has 1 aromatic carbocycles. The Morgan fingerprint density at radius 3 is 2.73 bits per heavy atom. The molecular formula is C20H28N4OS. The summed E-state index contributed by atoms with van der Waals surface area (Å²) in [6.45, 7) is 7.30. The number of aryl methyl sites for hydroxylation is 2. The van der Waals surface area contributed by atoms with Crippen LogP contribution >= 0.6 is 11.8 Å². The maximum absolute atomic E-state index is 12.4. The average Bonchev–Trinajstić information content (AvgIpc) is 2.86. The highest BCUT2D eigenvalue weighted by Gasteiger charge is 2.13. The van der Waals surface area contributed by atoms with Crippen molar-refractivity contribution in [1.29, 1.82) is 0 Å². The summed E-state index contributed by atoms with van der Waals surface area (Å²) in [5.41, 5.74) is 5.48. The molecule has 1 aliphatic rings. The van der Waals surface area contributed by atoms with Gasteiger partial charge in [0.25, 0.3) is 0 Å². The largest absolute Gasteiger partial charge is 0.326 e. The molecule has 0 spiro atoms. The smallest absolute Gasteiger partial charge is 0.224 e. The monoisotopic (exact) mass is 372 g/mol. The van der Waals surface area contributed by atoms with Gasteiger partial charge >= 0.3 is 0 Å². The topological polar surface area (TPSA) is 50.2 Å². The molecule has 1 aromatic heterocycles. The van der Waals surface area contributed by atoms with Crippen LogP contribution in [0.2, 0.25) is 0 Å². The number of nitrogens with one attached hydrogen (secondary N) is 1. The number of nitrogens with zero attached hydrogens (tertiary/aromatic N) is 3. The Balaban J connectivity index is 1.54. The van der Waals surface area contributed by atoms with Crippen molar-refractivity contribution in [2.75, 3.05) is 29.9 Å². The number of rotatable bonds is 6. The molecule has 1 amide bonds. The lowest BCUT2D eigenvalue weighted by atomic mass is 10.1. The Morgan fingerprint density at radius 2 is 2.04 bits per heavy atom. The van der Waals surface area contributed by atoms with E-state index in [0.29, 0.717) is 6.42 Å². The summed E-state index contributed by atoms with van der Waals surface area (Å²) in [4.78, 5) is 14.8. The van der Waals surface area contributed by atoms with Gasteiger partial charge in [-0.25, -0.2) is 0 Å². The van der Waals surface area contributed by atoms with Gasteiger partial charge in [0.1, 0.15) is 0 Å². The SMILES string of the molecule is Cc1nn(C)c(C)c1CCC(=O)Nc1cccc(CN2CCSCC2)c1. The fraction of sp³-hybridized carbons (Fsp3) is 0.500. The number of carbonyl (C=O) groups excluding carboxylic acids is 1. The van der Waals surface area contributed by atoms with Crippen molar-refractivity contribution in [2.24, 2.45) is 7.05 Å². The summed E-state index contributed by atoms with van der Waals surface area (Å²) in [6, 6.07) is 8.23. The third-order valence-corrected chi connectivity index (χ3v) is 5.92. The fourth-order valence-electron chi connectivity index (χ4n) is 3.41. The molecule has 0 atom stereocenters. The number of carbonyl (C=O) groups is 1.